The van der Waals surface area contributed by atoms with E-state index in [1.165, 1.54) is 62.6 Å². The number of benzene rings is 5. The van der Waals surface area contributed by atoms with Gasteiger partial charge in [0.2, 0.25) is 0 Å². The first-order valence-electron chi connectivity index (χ1n) is 11.4. The number of hydrogen-bond donors (Lipinski definition) is 0. The molecule has 0 unspecified atom stereocenters. The van der Waals surface area contributed by atoms with Gasteiger partial charge in [0.1, 0.15) is 0 Å². The van der Waals surface area contributed by atoms with Crippen molar-refractivity contribution in [2.24, 2.45) is 0 Å². The van der Waals surface area contributed by atoms with E-state index < -0.39 is 0 Å². The number of hydrogen-bond acceptors (Lipinski definition) is 2. The van der Waals surface area contributed by atoms with Gasteiger partial charge in [-0.2, -0.15) is 0 Å². The molecule has 5 aromatic carbocycles. The molecule has 0 N–H and O–H groups in total. The molecule has 0 bridgehead atoms. The average Bonchev–Trinajstić information content (AvgIpc) is 3.46. The summed E-state index contributed by atoms with van der Waals surface area (Å²) in [4.78, 5) is 0. The highest BCUT2D eigenvalue weighted by molar-refractivity contribution is 7.26. The molecule has 0 aliphatic heterocycles. The summed E-state index contributed by atoms with van der Waals surface area (Å²) in [6.07, 6.45) is 0. The fraction of sp³-hybridized carbons (Fsp3) is 0. The van der Waals surface area contributed by atoms with Crippen LogP contribution in [0, 0.1) is 0 Å². The number of thiophene rings is 2. The first-order chi connectivity index (χ1) is 16.8. The lowest BCUT2D eigenvalue weighted by molar-refractivity contribution is 1.61. The molecule has 2 heteroatoms. The fourth-order valence-corrected chi connectivity index (χ4v) is 7.22. The van der Waals surface area contributed by atoms with Crippen molar-refractivity contribution < 1.29 is 0 Å². The highest BCUT2D eigenvalue weighted by Crippen LogP contribution is 2.43. The molecule has 0 amide bonds. The summed E-state index contributed by atoms with van der Waals surface area (Å²) in [7, 11) is 0. The number of fused-ring (bicyclic) bond motifs is 6. The summed E-state index contributed by atoms with van der Waals surface area (Å²) in [5, 5.41) is 5.25. The maximum absolute atomic E-state index is 4.58. The Hall–Kier alpha value is -3.72. The Labute approximate surface area is 206 Å². The van der Waals surface area contributed by atoms with Gasteiger partial charge in [-0.25, -0.2) is 0 Å². The van der Waals surface area contributed by atoms with E-state index in [1.807, 2.05) is 22.7 Å². The molecule has 7 aromatic rings. The van der Waals surface area contributed by atoms with Crippen molar-refractivity contribution in [3.63, 3.8) is 0 Å². The highest BCUT2D eigenvalue weighted by Gasteiger charge is 2.15. The molecule has 0 spiro atoms. The summed E-state index contributed by atoms with van der Waals surface area (Å²) in [6.45, 7) is 4.58. The van der Waals surface area contributed by atoms with E-state index in [2.05, 4.69) is 116 Å². The van der Waals surface area contributed by atoms with Crippen molar-refractivity contribution in [2.75, 3.05) is 0 Å². The van der Waals surface area contributed by atoms with Gasteiger partial charge < -0.3 is 0 Å². The standard InChI is InChI=1S/C32H20S2/c1-20(22-15-16-31-27(17-22)24-11-5-7-13-29(24)33-31)23-18-26(21-9-3-2-4-10-21)32-28(19-23)25-12-6-8-14-30(25)34-32/h2-19H,1H2. The second kappa shape index (κ2) is 7.66. The third kappa shape index (κ3) is 3.03. The molecular formula is C32H20S2. The van der Waals surface area contributed by atoms with Crippen molar-refractivity contribution in [1.29, 1.82) is 0 Å². The minimum absolute atomic E-state index is 1.06. The van der Waals surface area contributed by atoms with E-state index in [1.54, 1.807) is 0 Å². The van der Waals surface area contributed by atoms with Gasteiger partial charge in [-0.15, -0.1) is 22.7 Å². The predicted octanol–water partition coefficient (Wildman–Crippen LogP) is 10.2. The van der Waals surface area contributed by atoms with Crippen LogP contribution in [0.5, 0.6) is 0 Å². The molecule has 160 valence electrons. The predicted molar refractivity (Wildman–Crippen MR) is 152 cm³/mol. The van der Waals surface area contributed by atoms with Crippen LogP contribution in [0.1, 0.15) is 11.1 Å². The van der Waals surface area contributed by atoms with Crippen molar-refractivity contribution in [1.82, 2.24) is 0 Å². The van der Waals surface area contributed by atoms with Crippen LogP contribution >= 0.6 is 22.7 Å². The van der Waals surface area contributed by atoms with Gasteiger partial charge in [-0.05, 0) is 58.7 Å². The Bertz CT molecular complexity index is 1870. The SMILES string of the molecule is C=C(c1ccc2sc3ccccc3c2c1)c1cc(-c2ccccc2)c2sc3ccccc3c2c1. The van der Waals surface area contributed by atoms with Crippen molar-refractivity contribution >= 4 is 68.6 Å². The molecule has 0 radical (unpaired) electrons. The van der Waals surface area contributed by atoms with Gasteiger partial charge in [0, 0.05) is 45.9 Å². The quantitative estimate of drug-likeness (QED) is 0.242. The molecule has 34 heavy (non-hydrogen) atoms. The van der Waals surface area contributed by atoms with E-state index in [4.69, 9.17) is 0 Å². The molecule has 0 fully saturated rings. The van der Waals surface area contributed by atoms with Gasteiger partial charge in [0.05, 0.1) is 0 Å². The highest BCUT2D eigenvalue weighted by atomic mass is 32.1. The topological polar surface area (TPSA) is 0 Å². The van der Waals surface area contributed by atoms with Crippen LogP contribution in [0.25, 0.3) is 57.0 Å². The fourth-order valence-electron chi connectivity index (χ4n) is 4.91. The van der Waals surface area contributed by atoms with Gasteiger partial charge in [0.25, 0.3) is 0 Å². The molecule has 0 atom stereocenters. The molecule has 0 aliphatic carbocycles. The van der Waals surface area contributed by atoms with Gasteiger partial charge in [-0.1, -0.05) is 79.4 Å². The van der Waals surface area contributed by atoms with E-state index in [-0.39, 0.29) is 0 Å². The maximum Gasteiger partial charge on any atom is 0.0434 e. The van der Waals surface area contributed by atoms with Crippen molar-refractivity contribution in [3.05, 3.63) is 127 Å². The minimum atomic E-state index is 1.06. The van der Waals surface area contributed by atoms with Gasteiger partial charge in [-0.3, -0.25) is 0 Å². The molecule has 0 aliphatic rings. The lowest BCUT2D eigenvalue weighted by Gasteiger charge is -2.12. The zero-order valence-electron chi connectivity index (χ0n) is 18.4. The summed E-state index contributed by atoms with van der Waals surface area (Å²) < 4.78 is 5.31. The molecule has 0 nitrogen and oxygen atoms in total. The monoisotopic (exact) mass is 468 g/mol. The lowest BCUT2D eigenvalue weighted by atomic mass is 9.93. The van der Waals surface area contributed by atoms with Crippen LogP contribution in [0.2, 0.25) is 0 Å². The lowest BCUT2D eigenvalue weighted by Crippen LogP contribution is -1.89. The minimum Gasteiger partial charge on any atom is -0.135 e. The Balaban J connectivity index is 1.46. The third-order valence-electron chi connectivity index (χ3n) is 6.64. The maximum atomic E-state index is 4.58. The van der Waals surface area contributed by atoms with Crippen LogP contribution < -0.4 is 0 Å². The molecule has 0 saturated heterocycles. The van der Waals surface area contributed by atoms with Crippen LogP contribution in [0.15, 0.2) is 116 Å². The second-order valence-corrected chi connectivity index (χ2v) is 10.8. The zero-order valence-corrected chi connectivity index (χ0v) is 20.0. The molecule has 0 saturated carbocycles. The summed E-state index contributed by atoms with van der Waals surface area (Å²) >= 11 is 3.73. The van der Waals surface area contributed by atoms with Crippen LogP contribution in [-0.4, -0.2) is 0 Å². The van der Waals surface area contributed by atoms with E-state index in [0.29, 0.717) is 0 Å². The third-order valence-corrected chi connectivity index (χ3v) is 9.01. The number of rotatable bonds is 3. The molecule has 2 aromatic heterocycles. The van der Waals surface area contributed by atoms with Crippen LogP contribution in [0.4, 0.5) is 0 Å². The Morgan fingerprint density at radius 3 is 1.91 bits per heavy atom. The first-order valence-corrected chi connectivity index (χ1v) is 13.0. The van der Waals surface area contributed by atoms with Gasteiger partial charge in [0.15, 0.2) is 0 Å². The smallest absolute Gasteiger partial charge is 0.0434 e. The normalized spacial score (nSPS) is 11.6. The van der Waals surface area contributed by atoms with Crippen molar-refractivity contribution in [2.45, 2.75) is 0 Å². The molecule has 7 rings (SSSR count). The first kappa shape index (κ1) is 19.7. The Morgan fingerprint density at radius 1 is 0.500 bits per heavy atom. The Morgan fingerprint density at radius 2 is 1.12 bits per heavy atom. The largest absolute Gasteiger partial charge is 0.135 e. The van der Waals surface area contributed by atoms with Crippen LogP contribution in [-0.2, 0) is 0 Å². The second-order valence-electron chi connectivity index (χ2n) is 8.65. The van der Waals surface area contributed by atoms with E-state index in [9.17, 15) is 0 Å². The molecule has 2 heterocycles. The van der Waals surface area contributed by atoms with Crippen molar-refractivity contribution in [3.8, 4) is 11.1 Å². The van der Waals surface area contributed by atoms with Gasteiger partial charge >= 0.3 is 0 Å². The average molecular weight is 469 g/mol. The van der Waals surface area contributed by atoms with E-state index >= 15 is 0 Å². The summed E-state index contributed by atoms with van der Waals surface area (Å²) in [6, 6.07) is 39.5. The summed E-state index contributed by atoms with van der Waals surface area (Å²) in [5.41, 5.74) is 5.93. The Kier molecular flexibility index (Phi) is 4.45. The van der Waals surface area contributed by atoms with Crippen LogP contribution in [0.3, 0.4) is 0 Å². The zero-order chi connectivity index (χ0) is 22.6. The van der Waals surface area contributed by atoms with E-state index in [0.717, 1.165) is 5.57 Å². The molecular weight excluding hydrogens is 448 g/mol. The summed E-state index contributed by atoms with van der Waals surface area (Å²) in [5.74, 6) is 0.